The van der Waals surface area contributed by atoms with Gasteiger partial charge in [-0.3, -0.25) is 19.1 Å². The standard InChI is InChI=1S/C19H13N3O2S2/c23-16(17-8-4-10-25-17)12-26-19-21-15-7-2-1-6-14(15)18(24)22(19)13-5-3-9-20-11-13/h1-11H,12H2. The van der Waals surface area contributed by atoms with Gasteiger partial charge in [-0.2, -0.15) is 0 Å². The average molecular weight is 379 g/mol. The number of carbonyl (C=O) groups is 1. The van der Waals surface area contributed by atoms with Gasteiger partial charge in [0.15, 0.2) is 10.9 Å². The quantitative estimate of drug-likeness (QED) is 0.300. The van der Waals surface area contributed by atoms with Crippen molar-refractivity contribution in [3.8, 4) is 5.69 Å². The van der Waals surface area contributed by atoms with E-state index in [0.717, 1.165) is 0 Å². The molecule has 3 heterocycles. The lowest BCUT2D eigenvalue weighted by atomic mass is 10.2. The van der Waals surface area contributed by atoms with Gasteiger partial charge in [-0.1, -0.05) is 30.0 Å². The summed E-state index contributed by atoms with van der Waals surface area (Å²) < 4.78 is 1.52. The van der Waals surface area contributed by atoms with Crippen molar-refractivity contribution in [1.29, 1.82) is 0 Å². The molecule has 7 heteroatoms. The number of aromatic nitrogens is 3. The van der Waals surface area contributed by atoms with Crippen LogP contribution in [0, 0.1) is 0 Å². The number of thioether (sulfide) groups is 1. The van der Waals surface area contributed by atoms with E-state index in [9.17, 15) is 9.59 Å². The molecule has 1 aromatic carbocycles. The molecular formula is C19H13N3O2S2. The van der Waals surface area contributed by atoms with Crippen LogP contribution in [-0.2, 0) is 0 Å². The van der Waals surface area contributed by atoms with Gasteiger partial charge >= 0.3 is 0 Å². The first kappa shape index (κ1) is 16.7. The molecule has 4 rings (SSSR count). The Hall–Kier alpha value is -2.77. The summed E-state index contributed by atoms with van der Waals surface area (Å²) in [4.78, 5) is 34.8. The Bertz CT molecular complexity index is 1120. The average Bonchev–Trinajstić information content (AvgIpc) is 3.22. The maximum absolute atomic E-state index is 13.0. The second-order valence-electron chi connectivity index (χ2n) is 5.45. The zero-order chi connectivity index (χ0) is 17.9. The van der Waals surface area contributed by atoms with Crippen molar-refractivity contribution in [2.75, 3.05) is 5.75 Å². The van der Waals surface area contributed by atoms with Gasteiger partial charge in [0.05, 0.1) is 33.4 Å². The smallest absolute Gasteiger partial charge is 0.266 e. The number of para-hydroxylation sites is 1. The molecule has 0 aliphatic rings. The molecule has 0 aliphatic carbocycles. The molecule has 5 nitrogen and oxygen atoms in total. The van der Waals surface area contributed by atoms with Crippen LogP contribution in [0.5, 0.6) is 0 Å². The fourth-order valence-corrected chi connectivity index (χ4v) is 4.21. The minimum Gasteiger partial charge on any atom is -0.292 e. The SMILES string of the molecule is O=C(CSc1nc2ccccc2c(=O)n1-c1cccnc1)c1cccs1. The summed E-state index contributed by atoms with van der Waals surface area (Å²) in [6.45, 7) is 0. The van der Waals surface area contributed by atoms with Crippen LogP contribution in [0.25, 0.3) is 16.6 Å². The molecule has 0 atom stereocenters. The monoisotopic (exact) mass is 379 g/mol. The highest BCUT2D eigenvalue weighted by Crippen LogP contribution is 2.22. The summed E-state index contributed by atoms with van der Waals surface area (Å²) in [7, 11) is 0. The van der Waals surface area contributed by atoms with Crippen molar-refractivity contribution in [2.45, 2.75) is 5.16 Å². The van der Waals surface area contributed by atoms with E-state index >= 15 is 0 Å². The molecule has 128 valence electrons. The third kappa shape index (κ3) is 3.18. The molecule has 0 saturated heterocycles. The molecule has 0 saturated carbocycles. The Labute approximate surface area is 157 Å². The van der Waals surface area contributed by atoms with E-state index in [0.29, 0.717) is 26.6 Å². The predicted octanol–water partition coefficient (Wildman–Crippen LogP) is 3.82. The van der Waals surface area contributed by atoms with Gasteiger partial charge in [-0.25, -0.2) is 4.98 Å². The zero-order valence-corrected chi connectivity index (χ0v) is 15.2. The largest absolute Gasteiger partial charge is 0.292 e. The first-order valence-corrected chi connectivity index (χ1v) is 9.72. The number of pyridine rings is 1. The first-order valence-electron chi connectivity index (χ1n) is 7.86. The molecule has 0 aliphatic heterocycles. The van der Waals surface area contributed by atoms with Crippen LogP contribution < -0.4 is 5.56 Å². The summed E-state index contributed by atoms with van der Waals surface area (Å²) in [6.07, 6.45) is 3.26. The fraction of sp³-hybridized carbons (Fsp3) is 0.0526. The van der Waals surface area contributed by atoms with Crippen molar-refractivity contribution in [1.82, 2.24) is 14.5 Å². The molecule has 0 bridgehead atoms. The molecule has 26 heavy (non-hydrogen) atoms. The van der Waals surface area contributed by atoms with Crippen LogP contribution in [0.4, 0.5) is 0 Å². The highest BCUT2D eigenvalue weighted by atomic mass is 32.2. The van der Waals surface area contributed by atoms with Crippen LogP contribution in [-0.4, -0.2) is 26.1 Å². The molecule has 0 fully saturated rings. The number of nitrogens with zero attached hydrogens (tertiary/aromatic N) is 3. The maximum atomic E-state index is 13.0. The fourth-order valence-electron chi connectivity index (χ4n) is 2.56. The molecule has 4 aromatic rings. The van der Waals surface area contributed by atoms with Crippen LogP contribution in [0.3, 0.4) is 0 Å². The molecular weight excluding hydrogens is 366 g/mol. The van der Waals surface area contributed by atoms with Gasteiger partial charge < -0.3 is 0 Å². The van der Waals surface area contributed by atoms with E-state index in [1.165, 1.54) is 27.7 Å². The van der Waals surface area contributed by atoms with Crippen LogP contribution >= 0.6 is 23.1 Å². The Kier molecular flexibility index (Phi) is 4.64. The van der Waals surface area contributed by atoms with Crippen LogP contribution in [0.15, 0.2) is 76.3 Å². The second-order valence-corrected chi connectivity index (χ2v) is 7.34. The van der Waals surface area contributed by atoms with Crippen molar-refractivity contribution in [3.63, 3.8) is 0 Å². The van der Waals surface area contributed by atoms with E-state index in [-0.39, 0.29) is 17.1 Å². The number of benzene rings is 1. The van der Waals surface area contributed by atoms with Gasteiger partial charge in [0.1, 0.15) is 0 Å². The Morgan fingerprint density at radius 1 is 1.12 bits per heavy atom. The molecule has 0 N–H and O–H groups in total. The van der Waals surface area contributed by atoms with Gasteiger partial charge in [0.2, 0.25) is 0 Å². The van der Waals surface area contributed by atoms with Crippen molar-refractivity contribution >= 4 is 39.8 Å². The predicted molar refractivity (Wildman–Crippen MR) is 105 cm³/mol. The highest BCUT2D eigenvalue weighted by Gasteiger charge is 2.15. The summed E-state index contributed by atoms with van der Waals surface area (Å²) in [6, 6.07) is 14.4. The Morgan fingerprint density at radius 3 is 2.77 bits per heavy atom. The topological polar surface area (TPSA) is 64.8 Å². The number of rotatable bonds is 5. The van der Waals surface area contributed by atoms with Gasteiger partial charge in [-0.15, -0.1) is 11.3 Å². The van der Waals surface area contributed by atoms with E-state index in [1.807, 2.05) is 23.6 Å². The Morgan fingerprint density at radius 2 is 2.00 bits per heavy atom. The number of carbonyl (C=O) groups excluding carboxylic acids is 1. The van der Waals surface area contributed by atoms with Crippen LogP contribution in [0.1, 0.15) is 9.67 Å². The molecule has 0 radical (unpaired) electrons. The van der Waals surface area contributed by atoms with Crippen molar-refractivity contribution in [3.05, 3.63) is 81.5 Å². The Balaban J connectivity index is 1.79. The third-order valence-electron chi connectivity index (χ3n) is 3.78. The number of ketones is 1. The van der Waals surface area contributed by atoms with E-state index < -0.39 is 0 Å². The summed E-state index contributed by atoms with van der Waals surface area (Å²) >= 11 is 2.67. The lowest BCUT2D eigenvalue weighted by Crippen LogP contribution is -2.22. The lowest BCUT2D eigenvalue weighted by Gasteiger charge is -2.12. The summed E-state index contributed by atoms with van der Waals surface area (Å²) in [5.74, 6) is 0.232. The number of Topliss-reactive ketones (excluding diaryl/α,β-unsaturated/α-hetero) is 1. The molecule has 3 aromatic heterocycles. The minimum absolute atomic E-state index is 0.0187. The molecule has 0 spiro atoms. The number of hydrogen-bond acceptors (Lipinski definition) is 6. The van der Waals surface area contributed by atoms with Gasteiger partial charge in [-0.05, 0) is 35.7 Å². The zero-order valence-electron chi connectivity index (χ0n) is 13.5. The number of thiophene rings is 1. The van der Waals surface area contributed by atoms with E-state index in [4.69, 9.17) is 0 Å². The van der Waals surface area contributed by atoms with Crippen LogP contribution in [0.2, 0.25) is 0 Å². The summed E-state index contributed by atoms with van der Waals surface area (Å²) in [5.41, 5.74) is 1.07. The van der Waals surface area contributed by atoms with Crippen molar-refractivity contribution in [2.24, 2.45) is 0 Å². The number of hydrogen-bond donors (Lipinski definition) is 0. The number of fused-ring (bicyclic) bond motifs is 1. The lowest BCUT2D eigenvalue weighted by molar-refractivity contribution is 0.102. The van der Waals surface area contributed by atoms with E-state index in [1.54, 1.807) is 42.7 Å². The van der Waals surface area contributed by atoms with E-state index in [2.05, 4.69) is 9.97 Å². The summed E-state index contributed by atoms with van der Waals surface area (Å²) in [5, 5.41) is 2.88. The van der Waals surface area contributed by atoms with Gasteiger partial charge in [0.25, 0.3) is 5.56 Å². The third-order valence-corrected chi connectivity index (χ3v) is 5.63. The molecule has 0 unspecified atom stereocenters. The highest BCUT2D eigenvalue weighted by molar-refractivity contribution is 7.99. The van der Waals surface area contributed by atoms with Crippen molar-refractivity contribution < 1.29 is 4.79 Å². The molecule has 0 amide bonds. The normalized spacial score (nSPS) is 10.9. The second kappa shape index (κ2) is 7.23. The minimum atomic E-state index is -0.172. The van der Waals surface area contributed by atoms with Gasteiger partial charge in [0, 0.05) is 6.20 Å². The maximum Gasteiger partial charge on any atom is 0.266 e. The first-order chi connectivity index (χ1) is 12.7.